The first-order valence-electron chi connectivity index (χ1n) is 5.14. The first-order valence-corrected chi connectivity index (χ1v) is 5.14. The SMILES string of the molecule is CCCC(C)(C)c1ccccc1C. The molecule has 0 aliphatic rings. The van der Waals surface area contributed by atoms with Crippen molar-refractivity contribution in [1.82, 2.24) is 0 Å². The Morgan fingerprint density at radius 2 is 1.77 bits per heavy atom. The molecule has 0 amide bonds. The van der Waals surface area contributed by atoms with Gasteiger partial charge in [0.1, 0.15) is 0 Å². The van der Waals surface area contributed by atoms with E-state index in [1.807, 2.05) is 0 Å². The topological polar surface area (TPSA) is 0 Å². The van der Waals surface area contributed by atoms with Crippen molar-refractivity contribution in [3.05, 3.63) is 35.4 Å². The van der Waals surface area contributed by atoms with Gasteiger partial charge in [0.15, 0.2) is 0 Å². The highest BCUT2D eigenvalue weighted by atomic mass is 14.2. The fourth-order valence-electron chi connectivity index (χ4n) is 2.09. The Morgan fingerprint density at radius 3 is 2.31 bits per heavy atom. The third kappa shape index (κ3) is 2.33. The Kier molecular flexibility index (Phi) is 3.13. The van der Waals surface area contributed by atoms with Crippen molar-refractivity contribution in [3.63, 3.8) is 0 Å². The molecule has 72 valence electrons. The van der Waals surface area contributed by atoms with Crippen LogP contribution < -0.4 is 0 Å². The molecule has 0 saturated heterocycles. The summed E-state index contributed by atoms with van der Waals surface area (Å²) >= 11 is 0. The van der Waals surface area contributed by atoms with E-state index < -0.39 is 0 Å². The van der Waals surface area contributed by atoms with E-state index in [1.54, 1.807) is 0 Å². The highest BCUT2D eigenvalue weighted by Crippen LogP contribution is 2.30. The van der Waals surface area contributed by atoms with Crippen LogP contribution in [0.2, 0.25) is 0 Å². The number of hydrogen-bond donors (Lipinski definition) is 0. The summed E-state index contributed by atoms with van der Waals surface area (Å²) in [5, 5.41) is 0. The summed E-state index contributed by atoms with van der Waals surface area (Å²) in [6, 6.07) is 8.71. The molecule has 0 saturated carbocycles. The van der Waals surface area contributed by atoms with E-state index in [0.717, 1.165) is 0 Å². The van der Waals surface area contributed by atoms with E-state index in [4.69, 9.17) is 0 Å². The molecule has 0 unspecified atom stereocenters. The van der Waals surface area contributed by atoms with Gasteiger partial charge in [-0.15, -0.1) is 0 Å². The number of benzene rings is 1. The minimum absolute atomic E-state index is 0.333. The lowest BCUT2D eigenvalue weighted by molar-refractivity contribution is 0.471. The highest BCUT2D eigenvalue weighted by Gasteiger charge is 2.20. The first kappa shape index (κ1) is 10.3. The van der Waals surface area contributed by atoms with Crippen molar-refractivity contribution in [1.29, 1.82) is 0 Å². The maximum atomic E-state index is 2.33. The zero-order valence-electron chi connectivity index (χ0n) is 9.22. The predicted octanol–water partition coefficient (Wildman–Crippen LogP) is 4.07. The molecule has 13 heavy (non-hydrogen) atoms. The molecule has 0 aromatic heterocycles. The molecule has 0 radical (unpaired) electrons. The largest absolute Gasteiger partial charge is 0.0654 e. The smallest absolute Gasteiger partial charge is 0.0101 e. The van der Waals surface area contributed by atoms with E-state index in [-0.39, 0.29) is 0 Å². The zero-order chi connectivity index (χ0) is 9.90. The molecule has 0 N–H and O–H groups in total. The van der Waals surface area contributed by atoms with Gasteiger partial charge in [0.2, 0.25) is 0 Å². The van der Waals surface area contributed by atoms with Crippen LogP contribution in [0.5, 0.6) is 0 Å². The van der Waals surface area contributed by atoms with Crippen molar-refractivity contribution in [3.8, 4) is 0 Å². The van der Waals surface area contributed by atoms with Crippen LogP contribution in [0, 0.1) is 6.92 Å². The van der Waals surface area contributed by atoms with Crippen LogP contribution in [0.15, 0.2) is 24.3 Å². The molecule has 0 aliphatic heterocycles. The van der Waals surface area contributed by atoms with Gasteiger partial charge in [0.05, 0.1) is 0 Å². The maximum Gasteiger partial charge on any atom is -0.0101 e. The van der Waals surface area contributed by atoms with Gasteiger partial charge in [-0.05, 0) is 29.9 Å². The Labute approximate surface area is 82.0 Å². The van der Waals surface area contributed by atoms with Crippen LogP contribution in [0.1, 0.15) is 44.7 Å². The van der Waals surface area contributed by atoms with Crippen LogP contribution in [-0.2, 0) is 5.41 Å². The summed E-state index contributed by atoms with van der Waals surface area (Å²) in [7, 11) is 0. The molecular weight excluding hydrogens is 156 g/mol. The maximum absolute atomic E-state index is 2.33. The van der Waals surface area contributed by atoms with E-state index in [2.05, 4.69) is 52.0 Å². The van der Waals surface area contributed by atoms with Gasteiger partial charge >= 0.3 is 0 Å². The lowest BCUT2D eigenvalue weighted by Crippen LogP contribution is -2.17. The third-order valence-electron chi connectivity index (χ3n) is 2.75. The van der Waals surface area contributed by atoms with Crippen molar-refractivity contribution in [2.24, 2.45) is 0 Å². The third-order valence-corrected chi connectivity index (χ3v) is 2.75. The molecule has 1 rings (SSSR count). The summed E-state index contributed by atoms with van der Waals surface area (Å²) in [4.78, 5) is 0. The van der Waals surface area contributed by atoms with Gasteiger partial charge in [-0.3, -0.25) is 0 Å². The van der Waals surface area contributed by atoms with Gasteiger partial charge in [-0.1, -0.05) is 51.5 Å². The van der Waals surface area contributed by atoms with Gasteiger partial charge < -0.3 is 0 Å². The van der Waals surface area contributed by atoms with Crippen LogP contribution in [0.3, 0.4) is 0 Å². The Balaban J connectivity index is 2.99. The minimum Gasteiger partial charge on any atom is -0.0654 e. The molecule has 1 aromatic rings. The summed E-state index contributed by atoms with van der Waals surface area (Å²) in [6.45, 7) is 9.12. The van der Waals surface area contributed by atoms with E-state index in [0.29, 0.717) is 5.41 Å². The molecular formula is C13H20. The van der Waals surface area contributed by atoms with E-state index in [1.165, 1.54) is 24.0 Å². The fourth-order valence-corrected chi connectivity index (χ4v) is 2.09. The van der Waals surface area contributed by atoms with Gasteiger partial charge in [0, 0.05) is 0 Å². The molecule has 0 heteroatoms. The average Bonchev–Trinajstić information content (AvgIpc) is 2.04. The Bertz CT molecular complexity index is 271. The molecule has 0 aliphatic carbocycles. The Hall–Kier alpha value is -0.780. The highest BCUT2D eigenvalue weighted by molar-refractivity contribution is 5.31. The number of hydrogen-bond acceptors (Lipinski definition) is 0. The van der Waals surface area contributed by atoms with Gasteiger partial charge in [-0.25, -0.2) is 0 Å². The minimum atomic E-state index is 0.333. The van der Waals surface area contributed by atoms with Crippen LogP contribution in [-0.4, -0.2) is 0 Å². The standard InChI is InChI=1S/C13H20/c1-5-10-13(3,4)12-9-7-6-8-11(12)2/h6-9H,5,10H2,1-4H3. The average molecular weight is 176 g/mol. The molecule has 0 atom stereocenters. The van der Waals surface area contributed by atoms with E-state index in [9.17, 15) is 0 Å². The molecule has 0 bridgehead atoms. The summed E-state index contributed by atoms with van der Waals surface area (Å²) in [6.07, 6.45) is 2.51. The monoisotopic (exact) mass is 176 g/mol. The van der Waals surface area contributed by atoms with Crippen molar-refractivity contribution in [2.45, 2.75) is 46.0 Å². The quantitative estimate of drug-likeness (QED) is 0.651. The molecule has 0 nitrogen and oxygen atoms in total. The van der Waals surface area contributed by atoms with Gasteiger partial charge in [-0.2, -0.15) is 0 Å². The lowest BCUT2D eigenvalue weighted by Gasteiger charge is -2.26. The van der Waals surface area contributed by atoms with Crippen molar-refractivity contribution >= 4 is 0 Å². The second-order valence-electron chi connectivity index (χ2n) is 4.45. The Morgan fingerprint density at radius 1 is 1.15 bits per heavy atom. The second kappa shape index (κ2) is 3.95. The van der Waals surface area contributed by atoms with Crippen molar-refractivity contribution < 1.29 is 0 Å². The molecule has 0 spiro atoms. The fraction of sp³-hybridized carbons (Fsp3) is 0.538. The number of aryl methyl sites for hydroxylation is 1. The first-order chi connectivity index (χ1) is 6.08. The predicted molar refractivity (Wildman–Crippen MR) is 59.1 cm³/mol. The molecule has 0 fully saturated rings. The second-order valence-corrected chi connectivity index (χ2v) is 4.45. The molecule has 1 aromatic carbocycles. The summed E-state index contributed by atoms with van der Waals surface area (Å²) in [5.74, 6) is 0. The summed E-state index contributed by atoms with van der Waals surface area (Å²) < 4.78 is 0. The van der Waals surface area contributed by atoms with Crippen LogP contribution >= 0.6 is 0 Å². The van der Waals surface area contributed by atoms with E-state index >= 15 is 0 Å². The van der Waals surface area contributed by atoms with Crippen molar-refractivity contribution in [2.75, 3.05) is 0 Å². The lowest BCUT2D eigenvalue weighted by atomic mass is 9.79. The van der Waals surface area contributed by atoms with Gasteiger partial charge in [0.25, 0.3) is 0 Å². The molecule has 0 heterocycles. The van der Waals surface area contributed by atoms with Crippen LogP contribution in [0.25, 0.3) is 0 Å². The number of rotatable bonds is 3. The zero-order valence-corrected chi connectivity index (χ0v) is 9.22. The summed E-state index contributed by atoms with van der Waals surface area (Å²) in [5.41, 5.74) is 3.25. The van der Waals surface area contributed by atoms with Crippen LogP contribution in [0.4, 0.5) is 0 Å². The normalized spacial score (nSPS) is 11.7.